The summed E-state index contributed by atoms with van der Waals surface area (Å²) in [6.45, 7) is 0.378. The molecule has 1 amide bonds. The van der Waals surface area contributed by atoms with Crippen LogP contribution < -0.4 is 4.90 Å². The van der Waals surface area contributed by atoms with Crippen molar-refractivity contribution in [3.05, 3.63) is 89.2 Å². The lowest BCUT2D eigenvalue weighted by Gasteiger charge is -2.19. The van der Waals surface area contributed by atoms with Gasteiger partial charge in [-0.3, -0.25) is 14.7 Å². The summed E-state index contributed by atoms with van der Waals surface area (Å²) >= 11 is 9.36. The summed E-state index contributed by atoms with van der Waals surface area (Å²) in [7, 11) is 0. The minimum Gasteiger partial charge on any atom is -0.281 e. The molecule has 2 aromatic heterocycles. The van der Waals surface area contributed by atoms with Crippen LogP contribution in [0.2, 0.25) is 5.02 Å². The fourth-order valence-electron chi connectivity index (χ4n) is 2.84. The average Bonchev–Trinajstić information content (AvgIpc) is 3.19. The molecule has 0 bridgehead atoms. The fraction of sp³-hybridized carbons (Fsp3) is 0.136. The van der Waals surface area contributed by atoms with E-state index in [0.29, 0.717) is 22.5 Å². The van der Waals surface area contributed by atoms with Gasteiger partial charge in [0, 0.05) is 11.9 Å². The van der Waals surface area contributed by atoms with E-state index in [1.54, 1.807) is 22.9 Å². The van der Waals surface area contributed by atoms with Gasteiger partial charge in [0.25, 0.3) is 0 Å². The molecule has 0 saturated carbocycles. The molecule has 0 aliphatic rings. The number of aromatic nitrogens is 2. The first kappa shape index (κ1) is 19.9. The van der Waals surface area contributed by atoms with Gasteiger partial charge in [-0.1, -0.05) is 65.4 Å². The Morgan fingerprint density at radius 3 is 2.62 bits per heavy atom. The van der Waals surface area contributed by atoms with E-state index < -0.39 is 0 Å². The Balaban J connectivity index is 1.55. The number of thiazole rings is 1. The lowest BCUT2D eigenvalue weighted by molar-refractivity contribution is -0.116. The highest BCUT2D eigenvalue weighted by molar-refractivity contribution is 7.99. The van der Waals surface area contributed by atoms with E-state index >= 15 is 0 Å². The molecule has 7 heteroatoms. The summed E-state index contributed by atoms with van der Waals surface area (Å²) in [4.78, 5) is 23.8. The van der Waals surface area contributed by atoms with E-state index in [4.69, 9.17) is 11.6 Å². The Labute approximate surface area is 182 Å². The average molecular weight is 440 g/mol. The van der Waals surface area contributed by atoms with Gasteiger partial charge in [0.05, 0.1) is 27.7 Å². The van der Waals surface area contributed by atoms with Crippen LogP contribution in [0.25, 0.3) is 10.2 Å². The van der Waals surface area contributed by atoms with Crippen LogP contribution in [0.5, 0.6) is 0 Å². The Bertz CT molecular complexity index is 1100. The second kappa shape index (κ2) is 9.39. The molecule has 0 saturated heterocycles. The maximum atomic E-state index is 13.1. The zero-order valence-electron chi connectivity index (χ0n) is 15.5. The van der Waals surface area contributed by atoms with Crippen LogP contribution in [-0.2, 0) is 17.1 Å². The number of carbonyl (C=O) groups is 1. The van der Waals surface area contributed by atoms with Crippen LogP contribution in [0.15, 0.2) is 72.9 Å². The molecular weight excluding hydrogens is 422 g/mol. The lowest BCUT2D eigenvalue weighted by atomic mass is 10.2. The number of para-hydroxylation sites is 1. The van der Waals surface area contributed by atoms with E-state index in [9.17, 15) is 4.79 Å². The highest BCUT2D eigenvalue weighted by atomic mass is 35.5. The van der Waals surface area contributed by atoms with Gasteiger partial charge in [-0.2, -0.15) is 0 Å². The number of pyridine rings is 1. The number of amides is 1. The number of thioether (sulfide) groups is 1. The zero-order valence-corrected chi connectivity index (χ0v) is 17.9. The standard InChI is InChI=1S/C22H18ClN3OS2/c23-18-10-6-11-19-21(18)25-22(29-19)26(13-17-9-4-5-12-24-17)20(27)15-28-14-16-7-2-1-3-8-16/h1-12H,13-15H2. The molecular formula is C22H18ClN3OS2. The SMILES string of the molecule is O=C(CSCc1ccccc1)N(Cc1ccccn1)c1nc2c(Cl)cccc2s1. The minimum atomic E-state index is 0.00626. The molecule has 0 N–H and O–H groups in total. The van der Waals surface area contributed by atoms with Crippen LogP contribution in [-0.4, -0.2) is 21.6 Å². The highest BCUT2D eigenvalue weighted by Gasteiger charge is 2.21. The number of rotatable bonds is 7. The van der Waals surface area contributed by atoms with Gasteiger partial charge in [-0.25, -0.2) is 4.98 Å². The Hall–Kier alpha value is -2.41. The summed E-state index contributed by atoms with van der Waals surface area (Å²) in [5.74, 6) is 1.16. The number of benzene rings is 2. The molecule has 29 heavy (non-hydrogen) atoms. The predicted octanol–water partition coefficient (Wildman–Crippen LogP) is 5.81. The maximum absolute atomic E-state index is 13.1. The lowest BCUT2D eigenvalue weighted by Crippen LogP contribution is -2.32. The molecule has 4 rings (SSSR count). The summed E-state index contributed by atoms with van der Waals surface area (Å²) < 4.78 is 0.961. The molecule has 0 aliphatic heterocycles. The summed E-state index contributed by atoms with van der Waals surface area (Å²) in [5.41, 5.74) is 2.75. The van der Waals surface area contributed by atoms with Crippen molar-refractivity contribution in [2.75, 3.05) is 10.7 Å². The van der Waals surface area contributed by atoms with Gasteiger partial charge in [0.2, 0.25) is 5.91 Å². The molecule has 2 aromatic carbocycles. The van der Waals surface area contributed by atoms with Crippen LogP contribution in [0.4, 0.5) is 5.13 Å². The zero-order chi connectivity index (χ0) is 20.1. The van der Waals surface area contributed by atoms with Crippen molar-refractivity contribution < 1.29 is 4.79 Å². The van der Waals surface area contributed by atoms with Crippen molar-refractivity contribution in [2.24, 2.45) is 0 Å². The van der Waals surface area contributed by atoms with E-state index in [2.05, 4.69) is 22.1 Å². The minimum absolute atomic E-state index is 0.00626. The Morgan fingerprint density at radius 2 is 1.86 bits per heavy atom. The van der Waals surface area contributed by atoms with Crippen LogP contribution in [0.1, 0.15) is 11.3 Å². The van der Waals surface area contributed by atoms with E-state index in [1.807, 2.05) is 54.6 Å². The van der Waals surface area contributed by atoms with Gasteiger partial charge in [0.1, 0.15) is 5.52 Å². The van der Waals surface area contributed by atoms with Crippen LogP contribution in [0.3, 0.4) is 0 Å². The first-order valence-electron chi connectivity index (χ1n) is 9.08. The number of hydrogen-bond donors (Lipinski definition) is 0. The monoisotopic (exact) mass is 439 g/mol. The normalized spacial score (nSPS) is 10.9. The maximum Gasteiger partial charge on any atom is 0.239 e. The third-order valence-electron chi connectivity index (χ3n) is 4.27. The number of anilines is 1. The third kappa shape index (κ3) is 4.96. The van der Waals surface area contributed by atoms with Crippen molar-refractivity contribution in [3.8, 4) is 0 Å². The molecule has 0 unspecified atom stereocenters. The van der Waals surface area contributed by atoms with Gasteiger partial charge in [0.15, 0.2) is 5.13 Å². The smallest absolute Gasteiger partial charge is 0.239 e. The van der Waals surface area contributed by atoms with Crippen molar-refractivity contribution in [2.45, 2.75) is 12.3 Å². The topological polar surface area (TPSA) is 46.1 Å². The molecule has 4 nitrogen and oxygen atoms in total. The molecule has 0 aliphatic carbocycles. The molecule has 146 valence electrons. The van der Waals surface area contributed by atoms with Crippen molar-refractivity contribution in [3.63, 3.8) is 0 Å². The second-order valence-corrected chi connectivity index (χ2v) is 8.76. The van der Waals surface area contributed by atoms with Crippen molar-refractivity contribution >= 4 is 56.0 Å². The fourth-order valence-corrected chi connectivity index (χ4v) is 4.99. The van der Waals surface area contributed by atoms with E-state index in [0.717, 1.165) is 21.7 Å². The third-order valence-corrected chi connectivity index (χ3v) is 6.61. The predicted molar refractivity (Wildman–Crippen MR) is 123 cm³/mol. The first-order chi connectivity index (χ1) is 14.2. The van der Waals surface area contributed by atoms with Crippen molar-refractivity contribution in [1.29, 1.82) is 0 Å². The number of nitrogens with zero attached hydrogens (tertiary/aromatic N) is 3. The molecule has 2 heterocycles. The number of fused-ring (bicyclic) bond motifs is 1. The molecule has 0 radical (unpaired) electrons. The Morgan fingerprint density at radius 1 is 1.03 bits per heavy atom. The molecule has 0 atom stereocenters. The summed E-state index contributed by atoms with van der Waals surface area (Å²) in [6, 6.07) is 21.5. The number of halogens is 1. The molecule has 4 aromatic rings. The van der Waals surface area contributed by atoms with Crippen LogP contribution >= 0.6 is 34.7 Å². The van der Waals surface area contributed by atoms with Crippen LogP contribution in [0, 0.1) is 0 Å². The number of carbonyl (C=O) groups excluding carboxylic acids is 1. The first-order valence-corrected chi connectivity index (χ1v) is 11.4. The highest BCUT2D eigenvalue weighted by Crippen LogP contribution is 2.33. The van der Waals surface area contributed by atoms with Gasteiger partial charge < -0.3 is 0 Å². The summed E-state index contributed by atoms with van der Waals surface area (Å²) in [6.07, 6.45) is 1.73. The van der Waals surface area contributed by atoms with E-state index in [-0.39, 0.29) is 5.91 Å². The quantitative estimate of drug-likeness (QED) is 0.364. The van der Waals surface area contributed by atoms with Gasteiger partial charge in [-0.05, 0) is 29.8 Å². The summed E-state index contributed by atoms with van der Waals surface area (Å²) in [5, 5.41) is 1.23. The molecule has 0 fully saturated rings. The van der Waals surface area contributed by atoms with Gasteiger partial charge >= 0.3 is 0 Å². The van der Waals surface area contributed by atoms with Gasteiger partial charge in [-0.15, -0.1) is 11.8 Å². The van der Waals surface area contributed by atoms with E-state index in [1.165, 1.54) is 16.9 Å². The molecule has 0 spiro atoms. The van der Waals surface area contributed by atoms with Crippen molar-refractivity contribution in [1.82, 2.24) is 9.97 Å². The largest absolute Gasteiger partial charge is 0.281 e. The Kier molecular flexibility index (Phi) is 6.44. The second-order valence-electron chi connectivity index (χ2n) is 6.36. The number of hydrogen-bond acceptors (Lipinski definition) is 5.